The fourth-order valence-corrected chi connectivity index (χ4v) is 4.69. The van der Waals surface area contributed by atoms with E-state index in [4.69, 9.17) is 10.5 Å². The van der Waals surface area contributed by atoms with Crippen LogP contribution in [0.2, 0.25) is 0 Å². The molecule has 0 bridgehead atoms. The summed E-state index contributed by atoms with van der Waals surface area (Å²) in [6.07, 6.45) is 1.72. The van der Waals surface area contributed by atoms with Gasteiger partial charge < -0.3 is 15.8 Å². The Balaban J connectivity index is 2.41. The Morgan fingerprint density at radius 1 is 1.48 bits per heavy atom. The van der Waals surface area contributed by atoms with Gasteiger partial charge in [0.05, 0.1) is 22.9 Å². The molecule has 1 saturated carbocycles. The maximum atomic E-state index is 12.2. The van der Waals surface area contributed by atoms with E-state index >= 15 is 0 Å². The Kier molecular flexibility index (Phi) is 4.90. The van der Waals surface area contributed by atoms with Crippen molar-refractivity contribution in [2.45, 2.75) is 24.7 Å². The van der Waals surface area contributed by atoms with Gasteiger partial charge in [0.25, 0.3) is 0 Å². The molecule has 21 heavy (non-hydrogen) atoms. The maximum Gasteiger partial charge on any atom is 0.183 e. The molecule has 118 valence electrons. The molecule has 0 atom stereocenters. The number of thiophene rings is 1. The summed E-state index contributed by atoms with van der Waals surface area (Å²) in [5, 5.41) is 3.45. The second-order valence-electron chi connectivity index (χ2n) is 4.96. The molecule has 1 aromatic heterocycles. The van der Waals surface area contributed by atoms with Crippen molar-refractivity contribution >= 4 is 37.6 Å². The third-order valence-electron chi connectivity index (χ3n) is 3.35. The number of nitrogens with one attached hydrogen (secondary N) is 1. The van der Waals surface area contributed by atoms with Crippen molar-refractivity contribution in [3.8, 4) is 0 Å². The van der Waals surface area contributed by atoms with Crippen LogP contribution >= 0.6 is 11.3 Å². The molecule has 0 saturated heterocycles. The fourth-order valence-electron chi connectivity index (χ4n) is 1.98. The van der Waals surface area contributed by atoms with Crippen LogP contribution in [0.25, 0.3) is 0 Å². The molecule has 1 aliphatic carbocycles. The summed E-state index contributed by atoms with van der Waals surface area (Å²) in [5.74, 6) is -0.0796. The van der Waals surface area contributed by atoms with Crippen LogP contribution in [0, 0.1) is 5.92 Å². The lowest BCUT2D eigenvalue weighted by Crippen LogP contribution is -2.12. The number of hydrogen-bond donors (Lipinski definition) is 2. The van der Waals surface area contributed by atoms with Crippen molar-refractivity contribution in [3.05, 3.63) is 4.88 Å². The van der Waals surface area contributed by atoms with Crippen molar-refractivity contribution < 1.29 is 17.9 Å². The molecule has 0 radical (unpaired) electrons. The average Bonchev–Trinajstić information content (AvgIpc) is 3.23. The molecule has 8 heteroatoms. The zero-order valence-electron chi connectivity index (χ0n) is 12.1. The van der Waals surface area contributed by atoms with Crippen molar-refractivity contribution in [3.63, 3.8) is 0 Å². The van der Waals surface area contributed by atoms with Crippen molar-refractivity contribution in [1.82, 2.24) is 0 Å². The summed E-state index contributed by atoms with van der Waals surface area (Å²) in [6, 6.07) is 0. The van der Waals surface area contributed by atoms with Crippen molar-refractivity contribution in [2.24, 2.45) is 5.92 Å². The van der Waals surface area contributed by atoms with Crippen LogP contribution < -0.4 is 11.1 Å². The van der Waals surface area contributed by atoms with Crippen molar-refractivity contribution in [1.29, 1.82) is 0 Å². The Morgan fingerprint density at radius 2 is 2.14 bits per heavy atom. The Labute approximate surface area is 128 Å². The standard InChI is InChI=1S/C13H20N2O4S2/c1-3-21(17,18)12-9(14)11(10(16)8-4-5-8)20-13(12)15-6-7-19-2/h8,15H,3-7,14H2,1-2H3. The smallest absolute Gasteiger partial charge is 0.183 e. The van der Waals surface area contributed by atoms with Crippen LogP contribution in [0.5, 0.6) is 0 Å². The van der Waals surface area contributed by atoms with Crippen LogP contribution in [0.4, 0.5) is 10.7 Å². The van der Waals surface area contributed by atoms with E-state index in [-0.39, 0.29) is 28.0 Å². The summed E-state index contributed by atoms with van der Waals surface area (Å²) >= 11 is 1.13. The number of methoxy groups -OCH3 is 1. The van der Waals surface area contributed by atoms with Gasteiger partial charge in [-0.1, -0.05) is 6.92 Å². The van der Waals surface area contributed by atoms with Gasteiger partial charge in [0.15, 0.2) is 15.6 Å². The zero-order chi connectivity index (χ0) is 15.6. The number of anilines is 2. The van der Waals surface area contributed by atoms with Gasteiger partial charge in [0.2, 0.25) is 0 Å². The third kappa shape index (κ3) is 3.38. The summed E-state index contributed by atoms with van der Waals surface area (Å²) in [5.41, 5.74) is 6.07. The van der Waals surface area contributed by atoms with E-state index in [2.05, 4.69) is 5.32 Å². The minimum Gasteiger partial charge on any atom is -0.396 e. The fraction of sp³-hybridized carbons (Fsp3) is 0.615. The highest BCUT2D eigenvalue weighted by Crippen LogP contribution is 2.43. The molecule has 0 spiro atoms. The van der Waals surface area contributed by atoms with Gasteiger partial charge in [-0.25, -0.2) is 8.42 Å². The number of hydrogen-bond acceptors (Lipinski definition) is 7. The molecule has 1 aromatic rings. The van der Waals surface area contributed by atoms with E-state index in [0.29, 0.717) is 23.0 Å². The van der Waals surface area contributed by atoms with Crippen LogP contribution in [0.1, 0.15) is 29.4 Å². The van der Waals surface area contributed by atoms with E-state index in [1.807, 2.05) is 0 Å². The van der Waals surface area contributed by atoms with Gasteiger partial charge in [0.1, 0.15) is 9.90 Å². The number of sulfone groups is 1. The molecule has 0 unspecified atom stereocenters. The van der Waals surface area contributed by atoms with E-state index in [1.165, 1.54) is 0 Å². The molecule has 1 aliphatic rings. The second kappa shape index (κ2) is 6.33. The first kappa shape index (κ1) is 16.3. The summed E-state index contributed by atoms with van der Waals surface area (Å²) < 4.78 is 29.4. The predicted molar refractivity (Wildman–Crippen MR) is 83.9 cm³/mol. The quantitative estimate of drug-likeness (QED) is 0.556. The Hall–Kier alpha value is -1.12. The number of carbonyl (C=O) groups excluding carboxylic acids is 1. The first-order valence-electron chi connectivity index (χ1n) is 6.84. The largest absolute Gasteiger partial charge is 0.396 e. The highest BCUT2D eigenvalue weighted by atomic mass is 32.2. The number of Topliss-reactive ketones (excluding diaryl/α,β-unsaturated/α-hetero) is 1. The summed E-state index contributed by atoms with van der Waals surface area (Å²) in [4.78, 5) is 12.7. The number of nitrogens with two attached hydrogens (primary N) is 1. The molecule has 6 nitrogen and oxygen atoms in total. The first-order valence-corrected chi connectivity index (χ1v) is 9.31. The lowest BCUT2D eigenvalue weighted by molar-refractivity contribution is 0.0972. The first-order chi connectivity index (χ1) is 9.92. The summed E-state index contributed by atoms with van der Waals surface area (Å²) in [7, 11) is -1.92. The highest BCUT2D eigenvalue weighted by molar-refractivity contribution is 7.91. The van der Waals surface area contributed by atoms with Gasteiger partial charge in [0, 0.05) is 19.6 Å². The van der Waals surface area contributed by atoms with Crippen LogP contribution in [0.3, 0.4) is 0 Å². The number of ketones is 1. The lowest BCUT2D eigenvalue weighted by Gasteiger charge is -2.07. The molecule has 0 aromatic carbocycles. The van der Waals surface area contributed by atoms with Gasteiger partial charge in [-0.3, -0.25) is 4.79 Å². The van der Waals surface area contributed by atoms with E-state index in [1.54, 1.807) is 14.0 Å². The molecule has 1 fully saturated rings. The number of nitrogen functional groups attached to an aromatic ring is 1. The zero-order valence-corrected chi connectivity index (χ0v) is 13.8. The van der Waals surface area contributed by atoms with Gasteiger partial charge in [-0.15, -0.1) is 11.3 Å². The van der Waals surface area contributed by atoms with Crippen molar-refractivity contribution in [2.75, 3.05) is 37.1 Å². The molecule has 0 amide bonds. The summed E-state index contributed by atoms with van der Waals surface area (Å²) in [6.45, 7) is 2.46. The normalized spacial score (nSPS) is 15.1. The Bertz CT molecular complexity index is 633. The number of carbonyl (C=O) groups is 1. The third-order valence-corrected chi connectivity index (χ3v) is 6.47. The van der Waals surface area contributed by atoms with Crippen LogP contribution in [0.15, 0.2) is 4.90 Å². The Morgan fingerprint density at radius 3 is 2.67 bits per heavy atom. The second-order valence-corrected chi connectivity index (χ2v) is 8.20. The number of ether oxygens (including phenoxy) is 1. The molecule has 2 rings (SSSR count). The van der Waals surface area contributed by atoms with E-state index in [0.717, 1.165) is 24.2 Å². The van der Waals surface area contributed by atoms with Crippen LogP contribution in [-0.2, 0) is 14.6 Å². The molecular formula is C13H20N2O4S2. The topological polar surface area (TPSA) is 98.5 Å². The SMILES string of the molecule is CCS(=O)(=O)c1c(NCCOC)sc(C(=O)C2CC2)c1N. The highest BCUT2D eigenvalue weighted by Gasteiger charge is 2.36. The maximum absolute atomic E-state index is 12.2. The minimum atomic E-state index is -3.48. The molecule has 1 heterocycles. The average molecular weight is 332 g/mol. The van der Waals surface area contributed by atoms with Gasteiger partial charge in [-0.05, 0) is 12.8 Å². The van der Waals surface area contributed by atoms with E-state index < -0.39 is 9.84 Å². The predicted octanol–water partition coefficient (Wildman–Crippen LogP) is 1.77. The van der Waals surface area contributed by atoms with Gasteiger partial charge >= 0.3 is 0 Å². The van der Waals surface area contributed by atoms with Gasteiger partial charge in [-0.2, -0.15) is 0 Å². The monoisotopic (exact) mass is 332 g/mol. The molecule has 3 N–H and O–H groups in total. The van der Waals surface area contributed by atoms with Crippen LogP contribution in [-0.4, -0.2) is 40.2 Å². The van der Waals surface area contributed by atoms with E-state index in [9.17, 15) is 13.2 Å². The lowest BCUT2D eigenvalue weighted by atomic mass is 10.2. The minimum absolute atomic E-state index is 0.00922. The molecular weight excluding hydrogens is 312 g/mol. The number of rotatable bonds is 8. The molecule has 0 aliphatic heterocycles.